The predicted octanol–water partition coefficient (Wildman–Crippen LogP) is 4.50. The summed E-state index contributed by atoms with van der Waals surface area (Å²) in [6, 6.07) is 6.54. The number of nitrogens with zero attached hydrogens (tertiary/aromatic N) is 3. The maximum absolute atomic E-state index is 13.2. The van der Waals surface area contributed by atoms with Crippen molar-refractivity contribution in [1.82, 2.24) is 14.7 Å². The molecule has 6 nitrogen and oxygen atoms in total. The quantitative estimate of drug-likeness (QED) is 0.551. The molecule has 7 heteroatoms. The molecule has 3 heterocycles. The summed E-state index contributed by atoms with van der Waals surface area (Å²) in [5.41, 5.74) is 3.43. The summed E-state index contributed by atoms with van der Waals surface area (Å²) < 4.78 is 10.8. The molecule has 1 saturated heterocycles. The second-order valence-corrected chi connectivity index (χ2v) is 10.2. The molecular formula is C26H36N3O3P. The summed E-state index contributed by atoms with van der Waals surface area (Å²) in [7, 11) is 3.75. The van der Waals surface area contributed by atoms with Gasteiger partial charge >= 0.3 is 0 Å². The van der Waals surface area contributed by atoms with Gasteiger partial charge in [-0.2, -0.15) is 0 Å². The average molecular weight is 470 g/mol. The molecule has 3 aliphatic rings. The highest BCUT2D eigenvalue weighted by atomic mass is 31.1. The predicted molar refractivity (Wildman–Crippen MR) is 136 cm³/mol. The molecule has 0 spiro atoms. The first-order valence-corrected chi connectivity index (χ1v) is 13.0. The van der Waals surface area contributed by atoms with Crippen molar-refractivity contribution in [3.05, 3.63) is 53.4 Å². The average Bonchev–Trinajstić information content (AvgIpc) is 2.85. The van der Waals surface area contributed by atoms with Gasteiger partial charge in [0.1, 0.15) is 0 Å². The molecule has 1 aromatic rings. The third kappa shape index (κ3) is 4.83. The van der Waals surface area contributed by atoms with Crippen molar-refractivity contribution in [2.45, 2.75) is 45.4 Å². The Morgan fingerprint density at radius 3 is 2.39 bits per heavy atom. The van der Waals surface area contributed by atoms with Crippen molar-refractivity contribution < 1.29 is 14.3 Å². The minimum atomic E-state index is 0.0477. The minimum Gasteiger partial charge on any atom is -0.493 e. The van der Waals surface area contributed by atoms with Gasteiger partial charge < -0.3 is 24.2 Å². The molecule has 2 atom stereocenters. The number of ether oxygens (including phenoxy) is 2. The van der Waals surface area contributed by atoms with E-state index in [-0.39, 0.29) is 11.7 Å². The summed E-state index contributed by atoms with van der Waals surface area (Å²) in [6.45, 7) is 11.0. The Morgan fingerprint density at radius 2 is 1.76 bits per heavy atom. The fourth-order valence-electron chi connectivity index (χ4n) is 5.12. The van der Waals surface area contributed by atoms with Crippen molar-refractivity contribution in [3.8, 4) is 11.5 Å². The number of benzene rings is 1. The number of methoxy groups -OCH3 is 2. The van der Waals surface area contributed by atoms with Gasteiger partial charge in [-0.05, 0) is 67.5 Å². The van der Waals surface area contributed by atoms with Crippen molar-refractivity contribution in [1.29, 1.82) is 0 Å². The van der Waals surface area contributed by atoms with Crippen molar-refractivity contribution >= 4 is 19.8 Å². The third-order valence-corrected chi connectivity index (χ3v) is 8.77. The van der Waals surface area contributed by atoms with Crippen LogP contribution in [0.5, 0.6) is 11.5 Å². The lowest BCUT2D eigenvalue weighted by Gasteiger charge is -2.42. The highest BCUT2D eigenvalue weighted by Gasteiger charge is 2.33. The Labute approximate surface area is 199 Å². The molecule has 0 saturated carbocycles. The first-order chi connectivity index (χ1) is 16.0. The maximum atomic E-state index is 13.2. The van der Waals surface area contributed by atoms with E-state index in [0.29, 0.717) is 26.1 Å². The zero-order valence-corrected chi connectivity index (χ0v) is 21.4. The molecule has 0 bridgehead atoms. The van der Waals surface area contributed by atoms with E-state index in [2.05, 4.69) is 42.8 Å². The number of amides is 1. The molecule has 4 rings (SSSR count). The lowest BCUT2D eigenvalue weighted by atomic mass is 10.0. The lowest BCUT2D eigenvalue weighted by molar-refractivity contribution is -0.124. The highest BCUT2D eigenvalue weighted by Crippen LogP contribution is 2.48. The topological polar surface area (TPSA) is 45.2 Å². The van der Waals surface area contributed by atoms with Gasteiger partial charge in [-0.15, -0.1) is 0 Å². The monoisotopic (exact) mass is 469 g/mol. The molecule has 33 heavy (non-hydrogen) atoms. The molecule has 0 N–H and O–H groups in total. The number of rotatable bonds is 7. The third-order valence-electron chi connectivity index (χ3n) is 7.02. The molecule has 0 aromatic heterocycles. The lowest BCUT2D eigenvalue weighted by Crippen LogP contribution is -2.45. The van der Waals surface area contributed by atoms with Gasteiger partial charge in [0.15, 0.2) is 11.5 Å². The van der Waals surface area contributed by atoms with Gasteiger partial charge in [0.25, 0.3) is 5.91 Å². The molecule has 0 aliphatic carbocycles. The molecule has 0 radical (unpaired) electrons. The number of carbonyl (C=O) groups excluding carboxylic acids is 1. The number of fused-ring (bicyclic) bond motifs is 1. The van der Waals surface area contributed by atoms with E-state index in [1.807, 2.05) is 23.1 Å². The molecular weight excluding hydrogens is 433 g/mol. The van der Waals surface area contributed by atoms with E-state index in [0.717, 1.165) is 37.1 Å². The second kappa shape index (κ2) is 10.3. The Hall–Kier alpha value is -2.30. The zero-order chi connectivity index (χ0) is 23.5. The number of piperidine rings is 1. The van der Waals surface area contributed by atoms with Crippen molar-refractivity contribution in [2.75, 3.05) is 40.4 Å². The SMILES string of the molecule is CCN(CC)C1CCN(C2=CN3C(=O)C=C(c4ccc(OC)c(OC)c4)PC3C(C)=C2)CC1. The van der Waals surface area contributed by atoms with Gasteiger partial charge in [0, 0.05) is 31.4 Å². The van der Waals surface area contributed by atoms with Crippen LogP contribution in [0.25, 0.3) is 5.31 Å². The second-order valence-electron chi connectivity index (χ2n) is 8.80. The van der Waals surface area contributed by atoms with Gasteiger partial charge in [-0.3, -0.25) is 4.79 Å². The molecule has 1 fully saturated rings. The van der Waals surface area contributed by atoms with Crippen LogP contribution in [-0.4, -0.2) is 72.8 Å². The van der Waals surface area contributed by atoms with Crippen molar-refractivity contribution in [2.24, 2.45) is 0 Å². The molecule has 2 unspecified atom stereocenters. The van der Waals surface area contributed by atoms with Crippen LogP contribution in [0.3, 0.4) is 0 Å². The number of allylic oxidation sites excluding steroid dienone is 1. The molecule has 3 aliphatic heterocycles. The van der Waals surface area contributed by atoms with E-state index in [1.165, 1.54) is 24.1 Å². The molecule has 1 amide bonds. The highest BCUT2D eigenvalue weighted by molar-refractivity contribution is 7.51. The van der Waals surface area contributed by atoms with E-state index in [1.54, 1.807) is 20.3 Å². The Bertz CT molecular complexity index is 975. The van der Waals surface area contributed by atoms with Crippen LogP contribution in [0, 0.1) is 0 Å². The Kier molecular flexibility index (Phi) is 7.45. The summed E-state index contributed by atoms with van der Waals surface area (Å²) in [6.07, 6.45) is 8.50. The Balaban J connectivity index is 1.51. The zero-order valence-electron chi connectivity index (χ0n) is 20.4. The summed E-state index contributed by atoms with van der Waals surface area (Å²) in [5, 5.41) is 1.06. The van der Waals surface area contributed by atoms with Gasteiger partial charge in [0.05, 0.1) is 25.7 Å². The standard InChI is InChI=1S/C26H36N3O3P/c1-6-27(7-2)20-10-12-28(13-11-20)21-14-18(3)26-29(17-21)25(30)16-24(33-26)19-8-9-22(31-4)23(15-19)32-5/h8-9,14-17,20,26,33H,6-7,10-13H2,1-5H3. The number of hydrogen-bond acceptors (Lipinski definition) is 5. The Morgan fingerprint density at radius 1 is 1.06 bits per heavy atom. The van der Waals surface area contributed by atoms with Crippen LogP contribution in [0.15, 0.2) is 47.8 Å². The van der Waals surface area contributed by atoms with Gasteiger partial charge in [-0.25, -0.2) is 0 Å². The van der Waals surface area contributed by atoms with E-state index in [4.69, 9.17) is 9.47 Å². The number of carbonyl (C=O) groups is 1. The molecule has 1 aromatic carbocycles. The summed E-state index contributed by atoms with van der Waals surface area (Å²) >= 11 is 0. The van der Waals surface area contributed by atoms with Crippen LogP contribution >= 0.6 is 8.58 Å². The first kappa shape index (κ1) is 23.8. The van der Waals surface area contributed by atoms with Crippen LogP contribution in [-0.2, 0) is 4.79 Å². The fourth-order valence-corrected chi connectivity index (χ4v) is 6.60. The van der Waals surface area contributed by atoms with E-state index >= 15 is 0 Å². The van der Waals surface area contributed by atoms with Gasteiger partial charge in [0.2, 0.25) is 0 Å². The summed E-state index contributed by atoms with van der Waals surface area (Å²) in [4.78, 5) is 20.1. The van der Waals surface area contributed by atoms with Crippen LogP contribution in [0.4, 0.5) is 0 Å². The van der Waals surface area contributed by atoms with E-state index in [9.17, 15) is 4.79 Å². The normalized spacial score (nSPS) is 22.2. The van der Waals surface area contributed by atoms with E-state index < -0.39 is 0 Å². The summed E-state index contributed by atoms with van der Waals surface area (Å²) in [5.74, 6) is 1.51. The molecule has 178 valence electrons. The van der Waals surface area contributed by atoms with Gasteiger partial charge in [-0.1, -0.05) is 28.5 Å². The first-order valence-electron chi connectivity index (χ1n) is 11.9. The fraction of sp³-hybridized carbons (Fsp3) is 0.500. The van der Waals surface area contributed by atoms with Crippen molar-refractivity contribution in [3.63, 3.8) is 0 Å². The number of hydrogen-bond donors (Lipinski definition) is 0. The smallest absolute Gasteiger partial charge is 0.252 e. The van der Waals surface area contributed by atoms with Crippen LogP contribution in [0.2, 0.25) is 0 Å². The number of likely N-dealkylation sites (tertiary alicyclic amines) is 1. The largest absolute Gasteiger partial charge is 0.493 e. The van der Waals surface area contributed by atoms with Crippen LogP contribution < -0.4 is 9.47 Å². The maximum Gasteiger partial charge on any atom is 0.252 e. The minimum absolute atomic E-state index is 0.0477. The van der Waals surface area contributed by atoms with Crippen LogP contribution in [0.1, 0.15) is 39.2 Å².